The quantitative estimate of drug-likeness (QED) is 0.590. The Bertz CT molecular complexity index is 439. The highest BCUT2D eigenvalue weighted by Crippen LogP contribution is 2.32. The average molecular weight is 243 g/mol. The molecule has 7 heteroatoms. The van der Waals surface area contributed by atoms with Crippen LogP contribution in [-0.2, 0) is 0 Å². The lowest BCUT2D eigenvalue weighted by atomic mass is 10.1. The molecule has 0 atom stereocenters. The molecule has 0 N–H and O–H groups in total. The highest BCUT2D eigenvalue weighted by Gasteiger charge is 2.37. The van der Waals surface area contributed by atoms with Crippen molar-refractivity contribution in [2.45, 2.75) is 18.8 Å². The van der Waals surface area contributed by atoms with Crippen molar-refractivity contribution in [3.63, 3.8) is 0 Å². The second-order valence-electron chi connectivity index (χ2n) is 3.98. The number of rotatable bonds is 2. The van der Waals surface area contributed by atoms with Crippen LogP contribution in [-0.4, -0.2) is 28.9 Å². The van der Waals surface area contributed by atoms with Crippen LogP contribution >= 0.6 is 0 Å². The summed E-state index contributed by atoms with van der Waals surface area (Å²) in [6, 6.07) is 2.69. The first-order chi connectivity index (χ1) is 7.99. The Kier molecular flexibility index (Phi) is 2.91. The van der Waals surface area contributed by atoms with Crippen LogP contribution in [0.1, 0.15) is 12.8 Å². The van der Waals surface area contributed by atoms with E-state index in [0.717, 1.165) is 0 Å². The molecule has 0 aliphatic carbocycles. The summed E-state index contributed by atoms with van der Waals surface area (Å²) in [4.78, 5) is 15.3. The zero-order valence-electron chi connectivity index (χ0n) is 8.97. The van der Waals surface area contributed by atoms with Crippen LogP contribution in [0, 0.1) is 10.1 Å². The maximum absolute atomic E-state index is 13.2. The number of hydrogen-bond donors (Lipinski definition) is 0. The number of alkyl halides is 2. The Labute approximate surface area is 96.2 Å². The van der Waals surface area contributed by atoms with Crippen molar-refractivity contribution < 1.29 is 13.7 Å². The molecule has 92 valence electrons. The van der Waals surface area contributed by atoms with Gasteiger partial charge in [-0.2, -0.15) is 0 Å². The molecule has 0 saturated carbocycles. The number of hydrogen-bond acceptors (Lipinski definition) is 4. The second-order valence-corrected chi connectivity index (χ2v) is 3.98. The van der Waals surface area contributed by atoms with Gasteiger partial charge in [-0.25, -0.2) is 13.8 Å². The SMILES string of the molecule is O=[N+]([O-])c1cccnc1N1CCCC(F)(F)C1. The standard InChI is InChI=1S/C10H11F2N3O2/c11-10(12)4-2-6-14(7-10)9-8(15(16)17)3-1-5-13-9/h1,3,5H,2,4,6-7H2. The molecule has 0 unspecified atom stereocenters. The largest absolute Gasteiger partial charge is 0.345 e. The highest BCUT2D eigenvalue weighted by atomic mass is 19.3. The molecule has 0 bridgehead atoms. The number of halogens is 2. The van der Waals surface area contributed by atoms with Gasteiger partial charge < -0.3 is 4.90 Å². The molecule has 0 spiro atoms. The fraction of sp³-hybridized carbons (Fsp3) is 0.500. The molecule has 1 aromatic rings. The molecule has 5 nitrogen and oxygen atoms in total. The maximum Gasteiger partial charge on any atom is 0.311 e. The fourth-order valence-electron chi connectivity index (χ4n) is 1.92. The topological polar surface area (TPSA) is 59.3 Å². The Morgan fingerprint density at radius 1 is 1.53 bits per heavy atom. The first-order valence-corrected chi connectivity index (χ1v) is 5.22. The third-order valence-electron chi connectivity index (χ3n) is 2.66. The highest BCUT2D eigenvalue weighted by molar-refractivity contribution is 5.57. The molecule has 1 aromatic heterocycles. The van der Waals surface area contributed by atoms with Gasteiger partial charge >= 0.3 is 5.69 Å². The molecular weight excluding hydrogens is 232 g/mol. The molecule has 2 heterocycles. The van der Waals surface area contributed by atoms with Gasteiger partial charge in [0.25, 0.3) is 5.92 Å². The molecule has 0 amide bonds. The van der Waals surface area contributed by atoms with Gasteiger partial charge in [0.15, 0.2) is 0 Å². The number of aromatic nitrogens is 1. The molecule has 0 aromatic carbocycles. The minimum Gasteiger partial charge on any atom is -0.345 e. The maximum atomic E-state index is 13.2. The van der Waals surface area contributed by atoms with E-state index >= 15 is 0 Å². The van der Waals surface area contributed by atoms with Crippen molar-refractivity contribution in [2.24, 2.45) is 0 Å². The van der Waals surface area contributed by atoms with E-state index in [9.17, 15) is 18.9 Å². The van der Waals surface area contributed by atoms with Gasteiger partial charge in [0, 0.05) is 25.2 Å². The minimum atomic E-state index is -2.80. The summed E-state index contributed by atoms with van der Waals surface area (Å²) in [6.45, 7) is -0.141. The molecule has 1 saturated heterocycles. The molecule has 1 fully saturated rings. The molecule has 0 radical (unpaired) electrons. The van der Waals surface area contributed by atoms with Gasteiger partial charge in [-0.1, -0.05) is 0 Å². The molecule has 1 aliphatic heterocycles. The minimum absolute atomic E-state index is 0.0249. The predicted molar refractivity (Wildman–Crippen MR) is 57.3 cm³/mol. The smallest absolute Gasteiger partial charge is 0.311 e. The van der Waals surface area contributed by atoms with Crippen molar-refractivity contribution >= 4 is 11.5 Å². The van der Waals surface area contributed by atoms with Crippen molar-refractivity contribution in [1.29, 1.82) is 0 Å². The van der Waals surface area contributed by atoms with E-state index in [0.29, 0.717) is 13.0 Å². The van der Waals surface area contributed by atoms with Crippen molar-refractivity contribution in [3.8, 4) is 0 Å². The van der Waals surface area contributed by atoms with Crippen molar-refractivity contribution in [2.75, 3.05) is 18.0 Å². The summed E-state index contributed by atoms with van der Waals surface area (Å²) in [5.41, 5.74) is -0.231. The number of nitrogens with zero attached hydrogens (tertiary/aromatic N) is 3. The van der Waals surface area contributed by atoms with Gasteiger partial charge in [0.05, 0.1) is 11.5 Å². The lowest BCUT2D eigenvalue weighted by Crippen LogP contribution is -2.43. The Hall–Kier alpha value is -1.79. The third-order valence-corrected chi connectivity index (χ3v) is 2.66. The van der Waals surface area contributed by atoms with Crippen LogP contribution in [0.4, 0.5) is 20.3 Å². The van der Waals surface area contributed by atoms with Crippen molar-refractivity contribution in [3.05, 3.63) is 28.4 Å². The Morgan fingerprint density at radius 2 is 2.29 bits per heavy atom. The first-order valence-electron chi connectivity index (χ1n) is 5.22. The monoisotopic (exact) mass is 243 g/mol. The normalized spacial score (nSPS) is 19.1. The van der Waals surface area contributed by atoms with Crippen LogP contribution in [0.2, 0.25) is 0 Å². The van der Waals surface area contributed by atoms with E-state index in [1.165, 1.54) is 23.2 Å². The molecule has 17 heavy (non-hydrogen) atoms. The van der Waals surface area contributed by atoms with Crippen LogP contribution < -0.4 is 4.90 Å². The fourth-order valence-corrected chi connectivity index (χ4v) is 1.92. The summed E-state index contributed by atoms with van der Waals surface area (Å²) in [6.07, 6.45) is 1.50. The lowest BCUT2D eigenvalue weighted by molar-refractivity contribution is -0.384. The summed E-state index contributed by atoms with van der Waals surface area (Å²) in [7, 11) is 0. The van der Waals surface area contributed by atoms with E-state index in [2.05, 4.69) is 4.98 Å². The third kappa shape index (κ3) is 2.48. The number of nitro groups is 1. The van der Waals surface area contributed by atoms with E-state index in [4.69, 9.17) is 0 Å². The van der Waals surface area contributed by atoms with Gasteiger partial charge in [-0.15, -0.1) is 0 Å². The predicted octanol–water partition coefficient (Wildman–Crippen LogP) is 2.23. The molecule has 1 aliphatic rings. The average Bonchev–Trinajstić information content (AvgIpc) is 2.27. The number of anilines is 1. The van der Waals surface area contributed by atoms with Crippen LogP contribution in [0.25, 0.3) is 0 Å². The summed E-state index contributed by atoms with van der Waals surface area (Å²) in [5, 5.41) is 10.8. The zero-order valence-corrected chi connectivity index (χ0v) is 8.97. The summed E-state index contributed by atoms with van der Waals surface area (Å²) >= 11 is 0. The summed E-state index contributed by atoms with van der Waals surface area (Å²) in [5.74, 6) is -2.78. The van der Waals surface area contributed by atoms with Gasteiger partial charge in [-0.05, 0) is 12.5 Å². The lowest BCUT2D eigenvalue weighted by Gasteiger charge is -2.32. The van der Waals surface area contributed by atoms with Gasteiger partial charge in [-0.3, -0.25) is 10.1 Å². The van der Waals surface area contributed by atoms with E-state index < -0.39 is 17.4 Å². The Morgan fingerprint density at radius 3 is 2.94 bits per heavy atom. The Balaban J connectivity index is 2.30. The van der Waals surface area contributed by atoms with Crippen LogP contribution in [0.5, 0.6) is 0 Å². The van der Waals surface area contributed by atoms with Crippen LogP contribution in [0.3, 0.4) is 0 Å². The first kappa shape index (κ1) is 11.7. The van der Waals surface area contributed by atoms with E-state index in [-0.39, 0.29) is 17.9 Å². The van der Waals surface area contributed by atoms with Gasteiger partial charge in [0.2, 0.25) is 5.82 Å². The van der Waals surface area contributed by atoms with E-state index in [1.807, 2.05) is 0 Å². The number of pyridine rings is 1. The van der Waals surface area contributed by atoms with Crippen molar-refractivity contribution in [1.82, 2.24) is 4.98 Å². The molecule has 2 rings (SSSR count). The van der Waals surface area contributed by atoms with Crippen LogP contribution in [0.15, 0.2) is 18.3 Å². The second kappa shape index (κ2) is 4.23. The molecular formula is C10H11F2N3O2. The van der Waals surface area contributed by atoms with Gasteiger partial charge in [0.1, 0.15) is 0 Å². The summed E-state index contributed by atoms with van der Waals surface area (Å²) < 4.78 is 26.5. The number of piperidine rings is 1. The van der Waals surface area contributed by atoms with E-state index in [1.54, 1.807) is 0 Å². The zero-order chi connectivity index (χ0) is 12.5.